The Morgan fingerprint density at radius 2 is 2.00 bits per heavy atom. The first-order valence-corrected chi connectivity index (χ1v) is 4.63. The smallest absolute Gasteiger partial charge is 0.0452 e. The van der Waals surface area contributed by atoms with Crippen molar-refractivity contribution in [1.29, 1.82) is 0 Å². The lowest BCUT2D eigenvalue weighted by molar-refractivity contribution is 0.833. The van der Waals surface area contributed by atoms with Gasteiger partial charge in [0.1, 0.15) is 0 Å². The second-order valence-electron chi connectivity index (χ2n) is 2.63. The predicted molar refractivity (Wildman–Crippen MR) is 53.8 cm³/mol. The third-order valence-electron chi connectivity index (χ3n) is 1.67. The van der Waals surface area contributed by atoms with Crippen LogP contribution >= 0.6 is 23.2 Å². The third-order valence-corrected chi connectivity index (χ3v) is 2.25. The molecule has 0 radical (unpaired) electrons. The fraction of sp³-hybridized carbons (Fsp3) is 0.333. The van der Waals surface area contributed by atoms with Crippen LogP contribution in [0.5, 0.6) is 0 Å². The first kappa shape index (κ1) is 9.85. The minimum Gasteiger partial charge on any atom is -0.330 e. The lowest BCUT2D eigenvalue weighted by Crippen LogP contribution is -2.00. The average molecular weight is 204 g/mol. The van der Waals surface area contributed by atoms with Gasteiger partial charge in [0.05, 0.1) is 0 Å². The van der Waals surface area contributed by atoms with Crippen LogP contribution in [0.2, 0.25) is 10.0 Å². The predicted octanol–water partition coefficient (Wildman–Crippen LogP) is 2.88. The molecule has 0 saturated heterocycles. The van der Waals surface area contributed by atoms with Gasteiger partial charge in [-0.05, 0) is 37.1 Å². The molecule has 2 N–H and O–H groups in total. The molecule has 0 bridgehead atoms. The van der Waals surface area contributed by atoms with Crippen molar-refractivity contribution >= 4 is 23.2 Å². The van der Waals surface area contributed by atoms with E-state index in [1.165, 1.54) is 0 Å². The fourth-order valence-electron chi connectivity index (χ4n) is 1.02. The molecule has 1 aromatic rings. The molecule has 0 spiro atoms. The minimum atomic E-state index is 0.677. The SMILES string of the molecule is NCCCc1ccc(Cl)cc1Cl. The van der Waals surface area contributed by atoms with Gasteiger partial charge in [-0.3, -0.25) is 0 Å². The van der Waals surface area contributed by atoms with E-state index in [1.54, 1.807) is 6.07 Å². The Balaban J connectivity index is 2.72. The molecule has 1 aromatic carbocycles. The van der Waals surface area contributed by atoms with Crippen molar-refractivity contribution in [2.75, 3.05) is 6.54 Å². The number of halogens is 2. The Bertz CT molecular complexity index is 261. The van der Waals surface area contributed by atoms with Gasteiger partial charge in [0, 0.05) is 10.0 Å². The molecule has 0 fully saturated rings. The zero-order valence-electron chi connectivity index (χ0n) is 6.69. The van der Waals surface area contributed by atoms with Crippen LogP contribution in [0.25, 0.3) is 0 Å². The van der Waals surface area contributed by atoms with Crippen molar-refractivity contribution in [3.63, 3.8) is 0 Å². The van der Waals surface area contributed by atoms with E-state index in [4.69, 9.17) is 28.9 Å². The number of hydrogen-bond donors (Lipinski definition) is 1. The maximum Gasteiger partial charge on any atom is 0.0452 e. The highest BCUT2D eigenvalue weighted by Gasteiger charge is 1.99. The molecule has 0 amide bonds. The third kappa shape index (κ3) is 2.67. The summed E-state index contributed by atoms with van der Waals surface area (Å²) < 4.78 is 0. The van der Waals surface area contributed by atoms with Gasteiger partial charge < -0.3 is 5.73 Å². The summed E-state index contributed by atoms with van der Waals surface area (Å²) in [5.74, 6) is 0. The number of nitrogens with two attached hydrogens (primary N) is 1. The summed E-state index contributed by atoms with van der Waals surface area (Å²) in [7, 11) is 0. The average Bonchev–Trinajstić information content (AvgIpc) is 2.03. The molecule has 66 valence electrons. The normalized spacial score (nSPS) is 10.2. The van der Waals surface area contributed by atoms with E-state index in [0.29, 0.717) is 11.6 Å². The summed E-state index contributed by atoms with van der Waals surface area (Å²) in [5.41, 5.74) is 6.50. The molecule has 0 aliphatic carbocycles. The number of rotatable bonds is 3. The van der Waals surface area contributed by atoms with Crippen molar-refractivity contribution < 1.29 is 0 Å². The zero-order valence-corrected chi connectivity index (χ0v) is 8.20. The number of hydrogen-bond acceptors (Lipinski definition) is 1. The Hall–Kier alpha value is -0.240. The summed E-state index contributed by atoms with van der Waals surface area (Å²) in [6.07, 6.45) is 1.88. The van der Waals surface area contributed by atoms with Gasteiger partial charge in [-0.15, -0.1) is 0 Å². The van der Waals surface area contributed by atoms with Gasteiger partial charge in [0.25, 0.3) is 0 Å². The quantitative estimate of drug-likeness (QED) is 0.804. The van der Waals surface area contributed by atoms with E-state index >= 15 is 0 Å². The number of aryl methyl sites for hydroxylation is 1. The molecule has 0 aliphatic heterocycles. The summed E-state index contributed by atoms with van der Waals surface area (Å²) in [6, 6.07) is 5.55. The standard InChI is InChI=1S/C9H11Cl2N/c10-8-4-3-7(2-1-5-12)9(11)6-8/h3-4,6H,1-2,5,12H2. The van der Waals surface area contributed by atoms with Crippen molar-refractivity contribution in [2.24, 2.45) is 5.73 Å². The molecule has 3 heteroatoms. The lowest BCUT2D eigenvalue weighted by Gasteiger charge is -2.02. The lowest BCUT2D eigenvalue weighted by atomic mass is 10.1. The summed E-state index contributed by atoms with van der Waals surface area (Å²) >= 11 is 11.7. The Morgan fingerprint density at radius 1 is 1.25 bits per heavy atom. The van der Waals surface area contributed by atoms with Crippen molar-refractivity contribution in [3.05, 3.63) is 33.8 Å². The van der Waals surface area contributed by atoms with Crippen LogP contribution in [-0.2, 0) is 6.42 Å². The van der Waals surface area contributed by atoms with Crippen LogP contribution in [0.3, 0.4) is 0 Å². The first-order valence-electron chi connectivity index (χ1n) is 3.88. The molecule has 0 heterocycles. The second kappa shape index (κ2) is 4.70. The summed E-state index contributed by atoms with van der Waals surface area (Å²) in [6.45, 7) is 0.693. The van der Waals surface area contributed by atoms with Gasteiger partial charge in [0.15, 0.2) is 0 Å². The van der Waals surface area contributed by atoms with Gasteiger partial charge in [-0.2, -0.15) is 0 Å². The van der Waals surface area contributed by atoms with E-state index in [1.807, 2.05) is 12.1 Å². The molecule has 1 nitrogen and oxygen atoms in total. The molecule has 0 atom stereocenters. The van der Waals surface area contributed by atoms with Crippen LogP contribution in [0.1, 0.15) is 12.0 Å². The molecule has 1 rings (SSSR count). The molecule has 0 aromatic heterocycles. The highest BCUT2D eigenvalue weighted by molar-refractivity contribution is 6.35. The maximum atomic E-state index is 5.94. The zero-order chi connectivity index (χ0) is 8.97. The van der Waals surface area contributed by atoms with Crippen molar-refractivity contribution in [1.82, 2.24) is 0 Å². The van der Waals surface area contributed by atoms with Gasteiger partial charge >= 0.3 is 0 Å². The molecule has 0 unspecified atom stereocenters. The van der Waals surface area contributed by atoms with Crippen LogP contribution in [0.15, 0.2) is 18.2 Å². The fourth-order valence-corrected chi connectivity index (χ4v) is 1.52. The molecule has 0 aliphatic rings. The highest BCUT2D eigenvalue weighted by Crippen LogP contribution is 2.21. The van der Waals surface area contributed by atoms with Crippen molar-refractivity contribution in [3.8, 4) is 0 Å². The largest absolute Gasteiger partial charge is 0.330 e. The molecule has 12 heavy (non-hydrogen) atoms. The van der Waals surface area contributed by atoms with E-state index in [-0.39, 0.29) is 0 Å². The van der Waals surface area contributed by atoms with E-state index in [2.05, 4.69) is 0 Å². The van der Waals surface area contributed by atoms with E-state index < -0.39 is 0 Å². The first-order chi connectivity index (χ1) is 5.74. The number of benzene rings is 1. The van der Waals surface area contributed by atoms with E-state index in [9.17, 15) is 0 Å². The summed E-state index contributed by atoms with van der Waals surface area (Å²) in [5, 5.41) is 1.41. The molecule has 0 saturated carbocycles. The molecular weight excluding hydrogens is 193 g/mol. The van der Waals surface area contributed by atoms with Gasteiger partial charge in [-0.25, -0.2) is 0 Å². The van der Waals surface area contributed by atoms with E-state index in [0.717, 1.165) is 23.4 Å². The van der Waals surface area contributed by atoms with Gasteiger partial charge in [0.2, 0.25) is 0 Å². The second-order valence-corrected chi connectivity index (χ2v) is 3.47. The Kier molecular flexibility index (Phi) is 3.86. The maximum absolute atomic E-state index is 5.94. The van der Waals surface area contributed by atoms with Crippen LogP contribution in [-0.4, -0.2) is 6.54 Å². The van der Waals surface area contributed by atoms with Gasteiger partial charge in [-0.1, -0.05) is 29.3 Å². The summed E-state index contributed by atoms with van der Waals surface area (Å²) in [4.78, 5) is 0. The Morgan fingerprint density at radius 3 is 2.58 bits per heavy atom. The van der Waals surface area contributed by atoms with Crippen LogP contribution in [0, 0.1) is 0 Å². The topological polar surface area (TPSA) is 26.0 Å². The van der Waals surface area contributed by atoms with Crippen LogP contribution in [0.4, 0.5) is 0 Å². The highest BCUT2D eigenvalue weighted by atomic mass is 35.5. The minimum absolute atomic E-state index is 0.677. The van der Waals surface area contributed by atoms with Crippen molar-refractivity contribution in [2.45, 2.75) is 12.8 Å². The Labute approximate surface area is 82.5 Å². The monoisotopic (exact) mass is 203 g/mol. The molecular formula is C9H11Cl2N. The van der Waals surface area contributed by atoms with Crippen LogP contribution < -0.4 is 5.73 Å².